The molecule has 80 valence electrons. The first-order valence-corrected chi connectivity index (χ1v) is 5.94. The molecule has 0 aliphatic heterocycles. The van der Waals surface area contributed by atoms with E-state index < -0.39 is 7.32 Å². The van der Waals surface area contributed by atoms with E-state index in [0.29, 0.717) is 0 Å². The fourth-order valence-corrected chi connectivity index (χ4v) is 2.02. The summed E-state index contributed by atoms with van der Waals surface area (Å²) in [6.07, 6.45) is 3.96. The van der Waals surface area contributed by atoms with Crippen LogP contribution in [0.4, 0.5) is 0 Å². The monoisotopic (exact) mass is 224 g/mol. The zero-order valence-electron chi connectivity index (χ0n) is 8.76. The van der Waals surface area contributed by atoms with Gasteiger partial charge in [0.25, 0.3) is 0 Å². The van der Waals surface area contributed by atoms with E-state index in [1.54, 1.807) is 0 Å². The maximum Gasteiger partial charge on any atom is -0.278 e. The number of rotatable bonds is 4. The van der Waals surface area contributed by atoms with Crippen LogP contribution in [0, 0.1) is 0 Å². The van der Waals surface area contributed by atoms with Crippen LogP contribution in [0.15, 0.2) is 30.3 Å². The zero-order valence-corrected chi connectivity index (χ0v) is 9.65. The molecule has 1 rings (SSSR count). The number of hydrogen-bond acceptors (Lipinski definition) is 3. The molecule has 0 aliphatic carbocycles. The van der Waals surface area contributed by atoms with E-state index >= 15 is 0 Å². The van der Waals surface area contributed by atoms with Crippen LogP contribution in [0.5, 0.6) is 0 Å². The van der Waals surface area contributed by atoms with Gasteiger partial charge in [-0.25, -0.2) is 0 Å². The van der Waals surface area contributed by atoms with Crippen molar-refractivity contribution < 1.29 is 15.1 Å². The van der Waals surface area contributed by atoms with Gasteiger partial charge in [-0.05, 0) is 0 Å². The molecule has 0 bridgehead atoms. The third kappa shape index (κ3) is 11.5. The Bertz CT molecular complexity index is 229. The van der Waals surface area contributed by atoms with Gasteiger partial charge in [0.1, 0.15) is 0 Å². The van der Waals surface area contributed by atoms with Gasteiger partial charge in [0.15, 0.2) is 0 Å². The van der Waals surface area contributed by atoms with E-state index in [1.807, 2.05) is 0 Å². The van der Waals surface area contributed by atoms with Gasteiger partial charge < -0.3 is 15.1 Å². The summed E-state index contributed by atoms with van der Waals surface area (Å²) in [5, 5.41) is 26.7. The molecule has 0 atom stereocenters. The topological polar surface area (TPSA) is 69.2 Å². The van der Waals surface area contributed by atoms with Crippen molar-refractivity contribution in [2.75, 3.05) is 6.16 Å². The van der Waals surface area contributed by atoms with Gasteiger partial charge in [-0.1, -0.05) is 0 Å². The Morgan fingerprint density at radius 2 is 1.67 bits per heavy atom. The quantitative estimate of drug-likeness (QED) is 0.378. The summed E-state index contributed by atoms with van der Waals surface area (Å²) in [4.78, 5) is 0. The minimum Gasteiger partial charge on any atom is -0.907 e. The van der Waals surface area contributed by atoms with Gasteiger partial charge in [-0.3, -0.25) is 7.32 Å². The smallest absolute Gasteiger partial charge is 0.278 e. The van der Waals surface area contributed by atoms with E-state index in [9.17, 15) is 0 Å². The van der Waals surface area contributed by atoms with Crippen LogP contribution in [0.3, 0.4) is 0 Å². The van der Waals surface area contributed by atoms with Crippen molar-refractivity contribution in [3.8, 4) is 0 Å². The molecule has 1 aromatic carbocycles. The number of unbranched alkanes of at least 4 members (excludes halogenated alkanes) is 1. The van der Waals surface area contributed by atoms with Crippen LogP contribution in [-0.2, 0) is 0 Å². The predicted molar refractivity (Wildman–Crippen MR) is 58.5 cm³/mol. The summed E-state index contributed by atoms with van der Waals surface area (Å²) >= 11 is 0. The Morgan fingerprint density at radius 1 is 1.13 bits per heavy atom. The second-order valence-electron chi connectivity index (χ2n) is 2.86. The first kappa shape index (κ1) is 14.6. The summed E-state index contributed by atoms with van der Waals surface area (Å²) < 4.78 is 0. The molecule has 15 heavy (non-hydrogen) atoms. The molecule has 0 saturated carbocycles. The Labute approximate surface area is 93.1 Å². The zero-order chi connectivity index (χ0) is 11.5. The van der Waals surface area contributed by atoms with Gasteiger partial charge in [0, 0.05) is 0 Å². The van der Waals surface area contributed by atoms with Crippen LogP contribution >= 0.6 is 8.58 Å². The van der Waals surface area contributed by atoms with Gasteiger partial charge in [-0.2, -0.15) is 0 Å². The van der Waals surface area contributed by atoms with Crippen molar-refractivity contribution in [3.05, 3.63) is 30.3 Å². The van der Waals surface area contributed by atoms with Crippen molar-refractivity contribution in [1.82, 2.24) is 0 Å². The molecule has 0 amide bonds. The summed E-state index contributed by atoms with van der Waals surface area (Å²) in [5.74, 6) is 0. The molecule has 0 saturated heterocycles. The summed E-state index contributed by atoms with van der Waals surface area (Å²) in [6, 6.07) is 10.7. The van der Waals surface area contributed by atoms with Gasteiger partial charge >= 0.3 is 70.1 Å². The average molecular weight is 224 g/mol. The first-order valence-electron chi connectivity index (χ1n) is 4.86. The molecular weight excluding hydrogens is 210 g/mol. The molecule has 0 aromatic heterocycles. The molecule has 0 heterocycles. The fraction of sp³-hybridized carbons (Fsp3) is 0.400. The van der Waals surface area contributed by atoms with Crippen molar-refractivity contribution in [2.45, 2.75) is 19.8 Å². The third-order valence-corrected chi connectivity index (χ3v) is 2.77. The van der Waals surface area contributed by atoms with E-state index in [0.717, 1.165) is 0 Å². The van der Waals surface area contributed by atoms with Crippen molar-refractivity contribution in [2.24, 2.45) is 0 Å². The van der Waals surface area contributed by atoms with Crippen molar-refractivity contribution in [1.29, 1.82) is 0 Å². The minimum atomic E-state index is -2.92. The second kappa shape index (κ2) is 10.1. The van der Waals surface area contributed by atoms with Crippen molar-refractivity contribution >= 4 is 21.2 Å². The molecule has 0 unspecified atom stereocenters. The normalized spacial score (nSPS) is 8.80. The van der Waals surface area contributed by atoms with Crippen LogP contribution in [0.25, 0.3) is 0 Å². The Morgan fingerprint density at radius 3 is 2.13 bits per heavy atom. The van der Waals surface area contributed by atoms with Gasteiger partial charge in [-0.15, -0.1) is 0 Å². The van der Waals surface area contributed by atoms with Crippen molar-refractivity contribution in [3.63, 3.8) is 0 Å². The number of hydrogen-bond donors (Lipinski definition) is 0. The van der Waals surface area contributed by atoms with E-state index in [1.165, 1.54) is 32.9 Å². The van der Waals surface area contributed by atoms with Crippen LogP contribution in [0.1, 0.15) is 19.8 Å². The molecule has 5 heteroatoms. The van der Waals surface area contributed by atoms with Crippen LogP contribution in [0.2, 0.25) is 0 Å². The predicted octanol–water partition coefficient (Wildman–Crippen LogP) is -0.890. The van der Waals surface area contributed by atoms with Crippen LogP contribution in [-0.4, -0.2) is 13.5 Å². The Hall–Kier alpha value is -0.405. The number of benzene rings is 1. The molecular formula is C10H14BO3P. The first-order chi connectivity index (χ1) is 7.16. The minimum absolute atomic E-state index is 1.31. The van der Waals surface area contributed by atoms with E-state index in [-0.39, 0.29) is 0 Å². The van der Waals surface area contributed by atoms with Crippen LogP contribution < -0.4 is 20.4 Å². The van der Waals surface area contributed by atoms with E-state index in [2.05, 4.69) is 37.3 Å². The third-order valence-electron chi connectivity index (χ3n) is 1.56. The summed E-state index contributed by atoms with van der Waals surface area (Å²) in [7, 11) is -1.44. The summed E-state index contributed by atoms with van der Waals surface area (Å²) in [5.41, 5.74) is 0. The van der Waals surface area contributed by atoms with Gasteiger partial charge in [0.2, 0.25) is 0 Å². The maximum atomic E-state index is 8.42. The average Bonchev–Trinajstić information content (AvgIpc) is 2.19. The van der Waals surface area contributed by atoms with E-state index in [4.69, 9.17) is 15.1 Å². The molecule has 1 aromatic rings. The Balaban J connectivity index is 0.000000423. The Kier molecular flexibility index (Phi) is 9.85. The summed E-state index contributed by atoms with van der Waals surface area (Å²) in [6.45, 7) is 2.24. The SMILES string of the molecule is CCCC[P+3]c1ccccc1.[O-]B([O-])[O-]. The molecule has 0 fully saturated rings. The largest absolute Gasteiger partial charge is 0.907 e. The fourth-order valence-electron chi connectivity index (χ4n) is 0.900. The second-order valence-corrected chi connectivity index (χ2v) is 4.14. The van der Waals surface area contributed by atoms with Gasteiger partial charge in [0.05, 0.1) is 0 Å². The molecule has 3 nitrogen and oxygen atoms in total. The maximum absolute atomic E-state index is 8.42. The molecule has 0 aliphatic rings. The molecule has 0 spiro atoms. The standard InChI is InChI=1S/C10H14P.BO3/c1-2-3-9-11-10-7-5-4-6-8-10;2-1(3)4/h4-8H,2-3,9H2,1H3;/q+3;-3. The molecule has 0 N–H and O–H groups in total. The molecule has 0 radical (unpaired) electrons.